The lowest BCUT2D eigenvalue weighted by Crippen LogP contribution is -2.63. The van der Waals surface area contributed by atoms with Gasteiger partial charge in [0.25, 0.3) is 0 Å². The molecule has 0 saturated heterocycles. The van der Waals surface area contributed by atoms with Crippen molar-refractivity contribution in [1.29, 1.82) is 0 Å². The molecule has 0 aromatic heterocycles. The van der Waals surface area contributed by atoms with Crippen LogP contribution in [0.5, 0.6) is 5.75 Å². The van der Waals surface area contributed by atoms with Gasteiger partial charge in [-0.05, 0) is 60.1 Å². The van der Waals surface area contributed by atoms with E-state index in [2.05, 4.69) is 10.1 Å². The van der Waals surface area contributed by atoms with Crippen LogP contribution in [0.25, 0.3) is 11.1 Å². The van der Waals surface area contributed by atoms with E-state index in [9.17, 15) is 44.0 Å². The Morgan fingerprint density at radius 1 is 1.10 bits per heavy atom. The van der Waals surface area contributed by atoms with Crippen molar-refractivity contribution in [1.82, 2.24) is 0 Å². The molecule has 7 N–H and O–H groups in total. The van der Waals surface area contributed by atoms with E-state index in [1.54, 1.807) is 30.3 Å². The number of benzene rings is 2. The molecule has 0 aliphatic heterocycles. The van der Waals surface area contributed by atoms with Gasteiger partial charge in [-0.2, -0.15) is 0 Å². The molecule has 1 fully saturated rings. The number of primary amides is 1. The Bertz CT molecular complexity index is 1450. The number of rotatable bonds is 5. The fourth-order valence-corrected chi connectivity index (χ4v) is 6.22. The zero-order valence-electron chi connectivity index (χ0n) is 21.1. The summed E-state index contributed by atoms with van der Waals surface area (Å²) in [6.07, 6.45) is -2.25. The Morgan fingerprint density at radius 3 is 2.45 bits per heavy atom. The summed E-state index contributed by atoms with van der Waals surface area (Å²) in [6.45, 7) is -1.18. The molecule has 0 spiro atoms. The zero-order chi connectivity index (χ0) is 28.9. The van der Waals surface area contributed by atoms with Crippen molar-refractivity contribution in [2.75, 3.05) is 18.6 Å². The summed E-state index contributed by atoms with van der Waals surface area (Å²) >= 11 is 0. The molecule has 5 atom stereocenters. The summed E-state index contributed by atoms with van der Waals surface area (Å²) in [7, 11) is 0. The summed E-state index contributed by atoms with van der Waals surface area (Å²) in [4.78, 5) is 50.3. The lowest BCUT2D eigenvalue weighted by Gasteiger charge is -2.48. The topological polar surface area (TPSA) is 196 Å². The monoisotopic (exact) mass is 554 g/mol. The van der Waals surface area contributed by atoms with E-state index in [0.29, 0.717) is 22.4 Å². The molecule has 5 rings (SSSR count). The van der Waals surface area contributed by atoms with Crippen LogP contribution in [-0.2, 0) is 20.7 Å². The Kier molecular flexibility index (Phi) is 6.84. The molecule has 2 aromatic rings. The van der Waals surface area contributed by atoms with Gasteiger partial charge in [-0.15, -0.1) is 0 Å². The van der Waals surface area contributed by atoms with Gasteiger partial charge in [-0.1, -0.05) is 18.2 Å². The molecule has 2 amide bonds. The number of amides is 2. The maximum atomic E-state index is 13.7. The molecule has 40 heavy (non-hydrogen) atoms. The molecule has 3 aliphatic rings. The third-order valence-corrected chi connectivity index (χ3v) is 8.03. The number of aliphatic hydroxyl groups excluding tert-OH is 2. The van der Waals surface area contributed by atoms with Crippen LogP contribution in [0.4, 0.5) is 14.9 Å². The van der Waals surface area contributed by atoms with Gasteiger partial charge in [-0.3, -0.25) is 19.7 Å². The molecule has 2 unspecified atom stereocenters. The predicted octanol–water partition coefficient (Wildman–Crippen LogP) is 1.93. The normalized spacial score (nSPS) is 27.4. The number of hydrogen-bond acceptors (Lipinski definition) is 9. The minimum absolute atomic E-state index is 0.0499. The van der Waals surface area contributed by atoms with Gasteiger partial charge in [0.2, 0.25) is 5.91 Å². The van der Waals surface area contributed by atoms with Gasteiger partial charge in [0, 0.05) is 17.2 Å². The molecule has 12 heteroatoms. The van der Waals surface area contributed by atoms with Gasteiger partial charge >= 0.3 is 6.09 Å². The van der Waals surface area contributed by atoms with Crippen LogP contribution < -0.4 is 11.1 Å². The lowest BCUT2D eigenvalue weighted by atomic mass is 9.57. The molecule has 0 bridgehead atoms. The average Bonchev–Trinajstić information content (AvgIpc) is 2.90. The van der Waals surface area contributed by atoms with E-state index in [0.717, 1.165) is 0 Å². The number of allylic oxidation sites excluding steroid dienone is 1. The number of hydrogen-bond donors (Lipinski definition) is 6. The highest BCUT2D eigenvalue weighted by Crippen LogP contribution is 2.52. The molecular formula is C28H27FN2O9. The number of nitrogens with one attached hydrogen (secondary N) is 1. The van der Waals surface area contributed by atoms with Gasteiger partial charge in [0.1, 0.15) is 30.7 Å². The highest BCUT2D eigenvalue weighted by atomic mass is 19.1. The van der Waals surface area contributed by atoms with Crippen LogP contribution in [0.2, 0.25) is 0 Å². The number of halogens is 1. The maximum Gasteiger partial charge on any atom is 0.411 e. The number of aliphatic hydroxyl groups is 3. The SMILES string of the molecule is NC(=O)C1C(=O)[C@@]2(O)C(O)=C3C(=O)c4c(O)ccc(-c5ccc(NC(=O)OCCF)cc5)c4C[C@H]3C[C@H]2CC1O. The quantitative estimate of drug-likeness (QED) is 0.299. The highest BCUT2D eigenvalue weighted by molar-refractivity contribution is 6.16. The van der Waals surface area contributed by atoms with Crippen molar-refractivity contribution >= 4 is 29.3 Å². The average molecular weight is 555 g/mol. The van der Waals surface area contributed by atoms with E-state index >= 15 is 0 Å². The van der Waals surface area contributed by atoms with Crippen molar-refractivity contribution < 1.29 is 48.7 Å². The number of fused-ring (bicyclic) bond motifs is 3. The van der Waals surface area contributed by atoms with Gasteiger partial charge in [0.05, 0.1) is 11.7 Å². The second-order valence-corrected chi connectivity index (χ2v) is 10.3. The van der Waals surface area contributed by atoms with E-state index in [-0.39, 0.29) is 42.8 Å². The summed E-state index contributed by atoms with van der Waals surface area (Å²) in [5, 5.41) is 46.1. The molecule has 0 heterocycles. The third kappa shape index (κ3) is 4.20. The second kappa shape index (κ2) is 10.0. The maximum absolute atomic E-state index is 13.7. The van der Waals surface area contributed by atoms with Crippen LogP contribution in [0.3, 0.4) is 0 Å². The van der Waals surface area contributed by atoms with Gasteiger partial charge in [-0.25, -0.2) is 9.18 Å². The van der Waals surface area contributed by atoms with Gasteiger partial charge in [0.15, 0.2) is 17.2 Å². The first-order valence-electron chi connectivity index (χ1n) is 12.7. The van der Waals surface area contributed by atoms with Gasteiger partial charge < -0.3 is 30.9 Å². The number of phenolic OH excluding ortho intramolecular Hbond substituents is 1. The van der Waals surface area contributed by atoms with Crippen molar-refractivity contribution in [2.45, 2.75) is 31.0 Å². The van der Waals surface area contributed by atoms with Crippen molar-refractivity contribution in [3.8, 4) is 16.9 Å². The number of anilines is 1. The molecule has 2 aromatic carbocycles. The number of carbonyl (C=O) groups excluding carboxylic acids is 4. The Labute approximate surface area is 227 Å². The fourth-order valence-electron chi connectivity index (χ4n) is 6.22. The number of Topliss-reactive ketones (excluding diaryl/α,β-unsaturated/α-hetero) is 2. The molecule has 210 valence electrons. The first-order valence-corrected chi connectivity index (χ1v) is 12.7. The van der Waals surface area contributed by atoms with Crippen LogP contribution in [0.1, 0.15) is 28.8 Å². The fraction of sp³-hybridized carbons (Fsp3) is 0.357. The smallest absolute Gasteiger partial charge is 0.411 e. The standard InChI is InChI=1S/C28H27FN2O9/c29-7-8-40-27(38)31-15-3-1-12(2-4-15)16-5-6-18(32)21-17(16)10-13-9-14-11-19(33)22(26(30)37)25(36)28(14,39)24(35)20(13)23(21)34/h1-6,13-14,19,22,32-33,35,39H,7-11H2,(H2,30,37)(H,31,38)/t13-,14+,19?,22?,28+/m1/s1. The van der Waals surface area contributed by atoms with Crippen molar-refractivity contribution in [3.63, 3.8) is 0 Å². The van der Waals surface area contributed by atoms with Crippen LogP contribution in [-0.4, -0.2) is 69.0 Å². The first kappa shape index (κ1) is 27.3. The molecule has 0 radical (unpaired) electrons. The van der Waals surface area contributed by atoms with E-state index < -0.39 is 65.5 Å². The first-order chi connectivity index (χ1) is 19.0. The molecule has 11 nitrogen and oxygen atoms in total. The number of carbonyl (C=O) groups is 4. The third-order valence-electron chi connectivity index (χ3n) is 8.03. The van der Waals surface area contributed by atoms with Crippen LogP contribution in [0.15, 0.2) is 47.7 Å². The van der Waals surface area contributed by atoms with Crippen LogP contribution in [0, 0.1) is 17.8 Å². The minimum Gasteiger partial charge on any atom is -0.508 e. The lowest BCUT2D eigenvalue weighted by molar-refractivity contribution is -0.167. The number of aromatic hydroxyl groups is 1. The van der Waals surface area contributed by atoms with Crippen molar-refractivity contribution in [2.24, 2.45) is 23.5 Å². The Hall–Kier alpha value is -4.29. The largest absolute Gasteiger partial charge is 0.508 e. The van der Waals surface area contributed by atoms with E-state index in [1.165, 1.54) is 6.07 Å². The zero-order valence-corrected chi connectivity index (χ0v) is 21.1. The van der Waals surface area contributed by atoms with E-state index in [1.807, 2.05) is 0 Å². The number of ether oxygens (including phenoxy) is 1. The van der Waals surface area contributed by atoms with Crippen LogP contribution >= 0.6 is 0 Å². The van der Waals surface area contributed by atoms with E-state index in [4.69, 9.17) is 5.73 Å². The Morgan fingerprint density at radius 2 is 1.80 bits per heavy atom. The number of nitrogens with two attached hydrogens (primary N) is 1. The number of ketones is 2. The highest BCUT2D eigenvalue weighted by Gasteiger charge is 2.62. The Balaban J connectivity index is 1.53. The minimum atomic E-state index is -2.57. The second-order valence-electron chi connectivity index (χ2n) is 10.3. The summed E-state index contributed by atoms with van der Waals surface area (Å²) < 4.78 is 16.9. The predicted molar refractivity (Wildman–Crippen MR) is 137 cm³/mol. The molecule has 1 saturated carbocycles. The summed E-state index contributed by atoms with van der Waals surface area (Å²) in [5.74, 6) is -7.68. The number of phenols is 1. The molecule has 3 aliphatic carbocycles. The number of alkyl halides is 1. The van der Waals surface area contributed by atoms with Crippen molar-refractivity contribution in [3.05, 3.63) is 58.9 Å². The molecular weight excluding hydrogens is 527 g/mol. The summed E-state index contributed by atoms with van der Waals surface area (Å²) in [5.41, 5.74) is 4.49. The summed E-state index contributed by atoms with van der Waals surface area (Å²) in [6, 6.07) is 9.44.